The van der Waals surface area contributed by atoms with Crippen molar-refractivity contribution in [1.82, 2.24) is 19.7 Å². The Morgan fingerprint density at radius 1 is 1.31 bits per heavy atom. The zero-order valence-electron chi connectivity index (χ0n) is 18.5. The van der Waals surface area contributed by atoms with Gasteiger partial charge in [-0.25, -0.2) is 9.78 Å². The Morgan fingerprint density at radius 3 is 2.78 bits per heavy atom. The van der Waals surface area contributed by atoms with Crippen LogP contribution in [-0.2, 0) is 16.0 Å². The number of methoxy groups -OCH3 is 1. The minimum absolute atomic E-state index is 0.0353. The summed E-state index contributed by atoms with van der Waals surface area (Å²) in [4.78, 5) is 34.6. The molecule has 3 aromatic rings. The monoisotopic (exact) mass is 458 g/mol. The van der Waals surface area contributed by atoms with Crippen molar-refractivity contribution in [3.05, 3.63) is 45.8 Å². The van der Waals surface area contributed by atoms with Gasteiger partial charge in [0.05, 0.1) is 41.5 Å². The number of hydrogen-bond acceptors (Lipinski definition) is 9. The van der Waals surface area contributed by atoms with Gasteiger partial charge in [-0.05, 0) is 38.0 Å². The van der Waals surface area contributed by atoms with Crippen molar-refractivity contribution in [3.63, 3.8) is 0 Å². The fourth-order valence-corrected chi connectivity index (χ4v) is 4.49. The van der Waals surface area contributed by atoms with E-state index in [9.17, 15) is 9.59 Å². The number of carbonyl (C=O) groups is 1. The van der Waals surface area contributed by atoms with Crippen LogP contribution in [0.25, 0.3) is 10.9 Å². The van der Waals surface area contributed by atoms with Crippen LogP contribution < -0.4 is 5.56 Å². The van der Waals surface area contributed by atoms with Gasteiger partial charge in [0.2, 0.25) is 5.89 Å². The van der Waals surface area contributed by atoms with E-state index < -0.39 is 5.97 Å². The third-order valence-electron chi connectivity index (χ3n) is 5.36. The van der Waals surface area contributed by atoms with Gasteiger partial charge in [0.15, 0.2) is 11.0 Å². The molecule has 0 radical (unpaired) electrons. The highest BCUT2D eigenvalue weighted by Gasteiger charge is 2.24. The molecule has 0 N–H and O–H groups in total. The van der Waals surface area contributed by atoms with E-state index >= 15 is 0 Å². The summed E-state index contributed by atoms with van der Waals surface area (Å²) in [5, 5.41) is 4.76. The second-order valence-corrected chi connectivity index (χ2v) is 9.38. The Kier molecular flexibility index (Phi) is 6.61. The summed E-state index contributed by atoms with van der Waals surface area (Å²) < 4.78 is 17.7. The molecule has 3 heterocycles. The number of benzene rings is 1. The Hall–Kier alpha value is -2.72. The fourth-order valence-electron chi connectivity index (χ4n) is 3.54. The molecule has 2 aromatic heterocycles. The maximum Gasteiger partial charge on any atom is 0.337 e. The number of hydrogen-bond donors (Lipinski definition) is 0. The highest BCUT2D eigenvalue weighted by Crippen LogP contribution is 2.34. The van der Waals surface area contributed by atoms with E-state index in [1.807, 2.05) is 20.8 Å². The third kappa shape index (κ3) is 4.56. The molecular formula is C22H26N4O5S. The lowest BCUT2D eigenvalue weighted by Gasteiger charge is -2.17. The molecular weight excluding hydrogens is 432 g/mol. The van der Waals surface area contributed by atoms with Crippen molar-refractivity contribution >= 4 is 28.6 Å². The normalized spacial score (nSPS) is 17.2. The van der Waals surface area contributed by atoms with Gasteiger partial charge in [-0.1, -0.05) is 30.8 Å². The summed E-state index contributed by atoms with van der Waals surface area (Å²) in [6.07, 6.45) is 1.83. The molecule has 1 fully saturated rings. The van der Waals surface area contributed by atoms with E-state index in [4.69, 9.17) is 19.0 Å². The minimum Gasteiger partial charge on any atom is -0.465 e. The van der Waals surface area contributed by atoms with Gasteiger partial charge in [-0.3, -0.25) is 9.36 Å². The first-order chi connectivity index (χ1) is 15.4. The molecule has 9 nitrogen and oxygen atoms in total. The van der Waals surface area contributed by atoms with E-state index in [1.54, 1.807) is 22.8 Å². The second kappa shape index (κ2) is 9.41. The lowest BCUT2D eigenvalue weighted by atomic mass is 10.1. The van der Waals surface area contributed by atoms with E-state index in [1.165, 1.54) is 18.9 Å². The molecule has 0 saturated carbocycles. The van der Waals surface area contributed by atoms with Crippen LogP contribution >= 0.6 is 11.8 Å². The van der Waals surface area contributed by atoms with Crippen LogP contribution in [0.4, 0.5) is 0 Å². The zero-order chi connectivity index (χ0) is 22.8. The van der Waals surface area contributed by atoms with E-state index in [-0.39, 0.29) is 22.8 Å². The summed E-state index contributed by atoms with van der Waals surface area (Å²) >= 11 is 1.36. The van der Waals surface area contributed by atoms with Gasteiger partial charge >= 0.3 is 5.97 Å². The molecule has 1 aliphatic rings. The molecule has 1 saturated heterocycles. The maximum atomic E-state index is 13.4. The standard InChI is InChI=1S/C22H26N4O5S/c1-12(2)18-24-19(31-25-18)13(3)32-22-23-17-10-14(21(28)29-4)7-8-16(17)20(27)26(22)11-15-6-5-9-30-15/h7-8,10,12-13,15H,5-6,9,11H2,1-4H3/t13-,15+/m1/s1. The van der Waals surface area contributed by atoms with Gasteiger partial charge in [0.1, 0.15) is 0 Å². The number of thioether (sulfide) groups is 1. The van der Waals surface area contributed by atoms with Crippen LogP contribution in [0, 0.1) is 0 Å². The summed E-state index contributed by atoms with van der Waals surface area (Å²) in [6.45, 7) is 7.03. The summed E-state index contributed by atoms with van der Waals surface area (Å²) in [7, 11) is 1.32. The maximum absolute atomic E-state index is 13.4. The van der Waals surface area contributed by atoms with E-state index in [0.717, 1.165) is 12.8 Å². The number of esters is 1. The molecule has 1 aliphatic heterocycles. The first-order valence-corrected chi connectivity index (χ1v) is 11.5. The first kappa shape index (κ1) is 22.5. The fraction of sp³-hybridized carbons (Fsp3) is 0.500. The quantitative estimate of drug-likeness (QED) is 0.297. The van der Waals surface area contributed by atoms with Crippen molar-refractivity contribution in [2.75, 3.05) is 13.7 Å². The minimum atomic E-state index is -0.480. The summed E-state index contributed by atoms with van der Waals surface area (Å²) in [6, 6.07) is 4.78. The summed E-state index contributed by atoms with van der Waals surface area (Å²) in [5.41, 5.74) is 0.598. The van der Waals surface area contributed by atoms with E-state index in [0.29, 0.717) is 46.5 Å². The number of nitrogens with zero attached hydrogens (tertiary/aromatic N) is 4. The molecule has 2 atom stereocenters. The number of carbonyl (C=O) groups excluding carboxylic acids is 1. The SMILES string of the molecule is COC(=O)c1ccc2c(=O)n(C[C@@H]3CCCO3)c(S[C@H](C)c3nc(C(C)C)no3)nc2c1. The Morgan fingerprint density at radius 2 is 2.12 bits per heavy atom. The number of rotatable bonds is 7. The highest BCUT2D eigenvalue weighted by molar-refractivity contribution is 7.99. The molecule has 0 bridgehead atoms. The molecule has 170 valence electrons. The van der Waals surface area contributed by atoms with Crippen LogP contribution in [-0.4, -0.2) is 45.5 Å². The van der Waals surface area contributed by atoms with Gasteiger partial charge in [-0.2, -0.15) is 4.98 Å². The molecule has 0 aliphatic carbocycles. The lowest BCUT2D eigenvalue weighted by Crippen LogP contribution is -2.29. The van der Waals surface area contributed by atoms with Crippen molar-refractivity contribution in [1.29, 1.82) is 0 Å². The molecule has 4 rings (SSSR count). The average Bonchev–Trinajstić information content (AvgIpc) is 3.47. The van der Waals surface area contributed by atoms with Crippen LogP contribution in [0.5, 0.6) is 0 Å². The van der Waals surface area contributed by atoms with Crippen molar-refractivity contribution in [2.24, 2.45) is 0 Å². The molecule has 0 spiro atoms. The zero-order valence-corrected chi connectivity index (χ0v) is 19.3. The molecule has 0 amide bonds. The van der Waals surface area contributed by atoms with Crippen LogP contribution in [0.1, 0.15) is 66.9 Å². The first-order valence-electron chi connectivity index (χ1n) is 10.6. The van der Waals surface area contributed by atoms with Crippen molar-refractivity contribution < 1.29 is 18.8 Å². The van der Waals surface area contributed by atoms with Gasteiger partial charge in [0, 0.05) is 12.5 Å². The van der Waals surface area contributed by atoms with Crippen molar-refractivity contribution in [3.8, 4) is 0 Å². The van der Waals surface area contributed by atoms with Crippen LogP contribution in [0.3, 0.4) is 0 Å². The van der Waals surface area contributed by atoms with Crippen LogP contribution in [0.2, 0.25) is 0 Å². The molecule has 0 unspecified atom stereocenters. The number of ether oxygens (including phenoxy) is 2. The largest absolute Gasteiger partial charge is 0.465 e. The van der Waals surface area contributed by atoms with Crippen LogP contribution in [0.15, 0.2) is 32.7 Å². The predicted octanol–water partition coefficient (Wildman–Crippen LogP) is 3.72. The molecule has 10 heteroatoms. The van der Waals surface area contributed by atoms with Crippen molar-refractivity contribution in [2.45, 2.75) is 62.6 Å². The topological polar surface area (TPSA) is 109 Å². The smallest absolute Gasteiger partial charge is 0.337 e. The van der Waals surface area contributed by atoms with Gasteiger partial charge in [0.25, 0.3) is 5.56 Å². The van der Waals surface area contributed by atoms with E-state index in [2.05, 4.69) is 10.1 Å². The number of aromatic nitrogens is 4. The average molecular weight is 459 g/mol. The lowest BCUT2D eigenvalue weighted by molar-refractivity contribution is 0.0601. The second-order valence-electron chi connectivity index (χ2n) is 8.07. The Balaban J connectivity index is 1.75. The summed E-state index contributed by atoms with van der Waals surface area (Å²) in [5.74, 6) is 0.781. The number of fused-ring (bicyclic) bond motifs is 1. The Labute approximate surface area is 189 Å². The van der Waals surface area contributed by atoms with Gasteiger partial charge in [-0.15, -0.1) is 0 Å². The molecule has 1 aromatic carbocycles. The molecule has 32 heavy (non-hydrogen) atoms. The highest BCUT2D eigenvalue weighted by atomic mass is 32.2. The Bertz CT molecular complexity index is 1180. The predicted molar refractivity (Wildman–Crippen MR) is 119 cm³/mol. The third-order valence-corrected chi connectivity index (χ3v) is 6.43. The van der Waals surface area contributed by atoms with Gasteiger partial charge < -0.3 is 14.0 Å².